The van der Waals surface area contributed by atoms with Crippen LogP contribution in [0.1, 0.15) is 0 Å². The van der Waals surface area contributed by atoms with Crippen molar-refractivity contribution in [2.24, 2.45) is 5.73 Å². The van der Waals surface area contributed by atoms with Gasteiger partial charge in [0.15, 0.2) is 31.2 Å². The summed E-state index contributed by atoms with van der Waals surface area (Å²) in [4.78, 5) is 0. The van der Waals surface area contributed by atoms with Gasteiger partial charge in [-0.3, -0.25) is 0 Å². The molecule has 8 heteroatoms. The van der Waals surface area contributed by atoms with Crippen molar-refractivity contribution in [2.75, 3.05) is 6.54 Å². The van der Waals surface area contributed by atoms with Crippen LogP contribution >= 0.6 is 0 Å². The molecule has 0 unspecified atom stereocenters. The van der Waals surface area contributed by atoms with E-state index in [0.29, 0.717) is 6.54 Å². The van der Waals surface area contributed by atoms with Gasteiger partial charge in [-0.25, -0.2) is 0 Å². The minimum Gasteiger partial charge on any atom is -0.409 e. The van der Waals surface area contributed by atoms with E-state index in [-0.39, 0.29) is 24.6 Å². The highest BCUT2D eigenvalue weighted by atomic mass is 28.4. The van der Waals surface area contributed by atoms with Crippen LogP contribution in [-0.2, 0) is 18.0 Å². The number of rotatable bonds is 7. The highest BCUT2D eigenvalue weighted by molar-refractivity contribution is 6.70. The molecule has 0 amide bonds. The van der Waals surface area contributed by atoms with Crippen molar-refractivity contribution in [3.8, 4) is 0 Å². The van der Waals surface area contributed by atoms with E-state index in [4.69, 9.17) is 23.7 Å². The molecule has 5 nitrogen and oxygen atoms in total. The van der Waals surface area contributed by atoms with E-state index in [2.05, 4.69) is 58.9 Å². The summed E-state index contributed by atoms with van der Waals surface area (Å²) in [6.07, 6.45) is -0.842. The summed E-state index contributed by atoms with van der Waals surface area (Å²) in [6, 6.07) is 0. The molecule has 1 rings (SSSR count). The monoisotopic (exact) mass is 365 g/mol. The Kier molecular flexibility index (Phi) is 6.65. The maximum absolute atomic E-state index is 6.40. The molecule has 2 N–H and O–H groups in total. The summed E-state index contributed by atoms with van der Waals surface area (Å²) < 4.78 is 25.1. The van der Waals surface area contributed by atoms with Crippen LogP contribution in [0, 0.1) is 0 Å². The van der Waals surface area contributed by atoms with Crippen LogP contribution in [0.4, 0.5) is 0 Å². The zero-order valence-corrected chi connectivity index (χ0v) is 18.7. The lowest BCUT2D eigenvalue weighted by Gasteiger charge is -2.35. The molecule has 0 aromatic heterocycles. The van der Waals surface area contributed by atoms with Gasteiger partial charge in [0.25, 0.3) is 0 Å². The Labute approximate surface area is 139 Å². The molecule has 4 atom stereocenters. The quantitative estimate of drug-likeness (QED) is 0.703. The fourth-order valence-corrected chi connectivity index (χ4v) is 5.46. The van der Waals surface area contributed by atoms with Crippen LogP contribution in [0.2, 0.25) is 58.9 Å². The lowest BCUT2D eigenvalue weighted by molar-refractivity contribution is -0.108. The molecular formula is C14H35NO4Si3. The van der Waals surface area contributed by atoms with E-state index in [0.717, 1.165) is 0 Å². The average molecular weight is 366 g/mol. The molecule has 1 aliphatic rings. The summed E-state index contributed by atoms with van der Waals surface area (Å²) in [5, 5.41) is 0. The topological polar surface area (TPSA) is 62.9 Å². The molecule has 0 aliphatic carbocycles. The van der Waals surface area contributed by atoms with Crippen molar-refractivity contribution < 1.29 is 18.0 Å². The molecule has 0 aromatic rings. The fraction of sp³-hybridized carbons (Fsp3) is 1.00. The van der Waals surface area contributed by atoms with Gasteiger partial charge in [0.05, 0.1) is 0 Å². The Morgan fingerprint density at radius 1 is 0.727 bits per heavy atom. The Morgan fingerprint density at radius 3 is 1.50 bits per heavy atom. The Bertz CT molecular complexity index is 363. The minimum absolute atomic E-state index is 0.134. The number of ether oxygens (including phenoxy) is 1. The van der Waals surface area contributed by atoms with Gasteiger partial charge in [-0.2, -0.15) is 0 Å². The molecule has 132 valence electrons. The van der Waals surface area contributed by atoms with Gasteiger partial charge in [-0.05, 0) is 58.9 Å². The molecule has 0 radical (unpaired) electrons. The average Bonchev–Trinajstić information content (AvgIpc) is 2.51. The van der Waals surface area contributed by atoms with Crippen LogP contribution in [0.25, 0.3) is 0 Å². The van der Waals surface area contributed by atoms with E-state index in [1.54, 1.807) is 0 Å². The third-order valence-electron chi connectivity index (χ3n) is 2.95. The molecule has 1 saturated heterocycles. The first-order chi connectivity index (χ1) is 9.72. The van der Waals surface area contributed by atoms with Crippen molar-refractivity contribution in [3.05, 3.63) is 0 Å². The lowest BCUT2D eigenvalue weighted by Crippen LogP contribution is -2.50. The van der Waals surface area contributed by atoms with Crippen molar-refractivity contribution in [1.82, 2.24) is 0 Å². The smallest absolute Gasteiger partial charge is 0.187 e. The highest BCUT2D eigenvalue weighted by Crippen LogP contribution is 2.32. The van der Waals surface area contributed by atoms with Crippen molar-refractivity contribution in [1.29, 1.82) is 0 Å². The first kappa shape index (κ1) is 20.5. The molecule has 0 spiro atoms. The standard InChI is InChI=1S/C14H35NO4Si3/c1-20(2,3)17-12-11(10-15)16-14(19-22(7,8)9)13(12)18-21(4,5)6/h11-14H,10,15H2,1-9H3/t11-,12+,13-,14-/m1/s1. The Balaban J connectivity index is 3.02. The number of nitrogens with two attached hydrogens (primary N) is 1. The largest absolute Gasteiger partial charge is 0.409 e. The second-order valence-corrected chi connectivity index (χ2v) is 22.3. The van der Waals surface area contributed by atoms with E-state index in [1.165, 1.54) is 0 Å². The molecular weight excluding hydrogens is 330 g/mol. The van der Waals surface area contributed by atoms with Gasteiger partial charge >= 0.3 is 0 Å². The first-order valence-corrected chi connectivity index (χ1v) is 18.3. The van der Waals surface area contributed by atoms with Gasteiger partial charge in [0.2, 0.25) is 0 Å². The molecule has 1 aliphatic heterocycles. The summed E-state index contributed by atoms with van der Waals surface area (Å²) in [5.41, 5.74) is 5.92. The van der Waals surface area contributed by atoms with Crippen LogP contribution in [0.15, 0.2) is 0 Å². The lowest BCUT2D eigenvalue weighted by atomic mass is 10.1. The van der Waals surface area contributed by atoms with Gasteiger partial charge in [0, 0.05) is 6.54 Å². The van der Waals surface area contributed by atoms with Crippen LogP contribution in [0.5, 0.6) is 0 Å². The fourth-order valence-electron chi connectivity index (χ4n) is 2.41. The van der Waals surface area contributed by atoms with Crippen LogP contribution < -0.4 is 5.73 Å². The molecule has 0 aromatic carbocycles. The SMILES string of the molecule is C[Si](C)(C)O[C@H]1O[C@H](CN)[C@H](O[Si](C)(C)C)[C@H]1O[Si](C)(C)C. The third kappa shape index (κ3) is 6.91. The van der Waals surface area contributed by atoms with Crippen LogP contribution in [0.3, 0.4) is 0 Å². The minimum atomic E-state index is -1.75. The molecule has 1 heterocycles. The van der Waals surface area contributed by atoms with Gasteiger partial charge < -0.3 is 23.7 Å². The van der Waals surface area contributed by atoms with Gasteiger partial charge in [-0.15, -0.1) is 0 Å². The molecule has 0 saturated carbocycles. The van der Waals surface area contributed by atoms with E-state index < -0.39 is 25.0 Å². The predicted molar refractivity (Wildman–Crippen MR) is 98.6 cm³/mol. The zero-order chi connectivity index (χ0) is 17.3. The van der Waals surface area contributed by atoms with Gasteiger partial charge in [-0.1, -0.05) is 0 Å². The maximum atomic E-state index is 6.40. The normalized spacial score (nSPS) is 30.8. The van der Waals surface area contributed by atoms with Crippen molar-refractivity contribution >= 4 is 25.0 Å². The Hall–Kier alpha value is 0.451. The maximum Gasteiger partial charge on any atom is 0.187 e. The van der Waals surface area contributed by atoms with E-state index >= 15 is 0 Å². The van der Waals surface area contributed by atoms with E-state index in [1.807, 2.05) is 0 Å². The second-order valence-electron chi connectivity index (χ2n) is 8.90. The van der Waals surface area contributed by atoms with Crippen molar-refractivity contribution in [2.45, 2.75) is 83.5 Å². The zero-order valence-electron chi connectivity index (χ0n) is 15.7. The van der Waals surface area contributed by atoms with E-state index in [9.17, 15) is 0 Å². The van der Waals surface area contributed by atoms with Crippen molar-refractivity contribution in [3.63, 3.8) is 0 Å². The predicted octanol–water partition coefficient (Wildman–Crippen LogP) is 2.96. The molecule has 22 heavy (non-hydrogen) atoms. The highest BCUT2D eigenvalue weighted by Gasteiger charge is 2.50. The third-order valence-corrected chi connectivity index (χ3v) is 5.85. The first-order valence-electron chi connectivity index (χ1n) is 8.11. The summed E-state index contributed by atoms with van der Waals surface area (Å²) >= 11 is 0. The Morgan fingerprint density at radius 2 is 1.14 bits per heavy atom. The molecule has 1 fully saturated rings. The summed E-state index contributed by atoms with van der Waals surface area (Å²) in [6.45, 7) is 20.0. The summed E-state index contributed by atoms with van der Waals surface area (Å²) in [7, 11) is -5.22. The summed E-state index contributed by atoms with van der Waals surface area (Å²) in [5.74, 6) is 0. The second kappa shape index (κ2) is 7.14. The number of hydrogen-bond acceptors (Lipinski definition) is 5. The van der Waals surface area contributed by atoms with Gasteiger partial charge in [0.1, 0.15) is 18.3 Å². The van der Waals surface area contributed by atoms with Crippen LogP contribution in [-0.4, -0.2) is 56.1 Å². The number of hydrogen-bond donors (Lipinski definition) is 1. The molecule has 0 bridgehead atoms.